The Labute approximate surface area is 126 Å². The van der Waals surface area contributed by atoms with E-state index in [0.717, 1.165) is 12.0 Å². The van der Waals surface area contributed by atoms with Crippen LogP contribution >= 0.6 is 0 Å². The van der Waals surface area contributed by atoms with Crippen LogP contribution in [0.3, 0.4) is 0 Å². The summed E-state index contributed by atoms with van der Waals surface area (Å²) < 4.78 is 11.2. The van der Waals surface area contributed by atoms with E-state index < -0.39 is 6.09 Å². The molecular weight excluding hydrogens is 272 g/mol. The fraction of sp³-hybridized carbons (Fsp3) is 0.533. The molecule has 1 aromatic rings. The number of esters is 1. The highest BCUT2D eigenvalue weighted by Crippen LogP contribution is 1.94. The van der Waals surface area contributed by atoms with Gasteiger partial charge in [-0.1, -0.05) is 20.8 Å². The lowest BCUT2D eigenvalue weighted by molar-refractivity contribution is -0.727. The Hall–Kier alpha value is -2.11. The number of nitrogens with one attached hydrogen (secondary N) is 1. The second kappa shape index (κ2) is 11.7. The predicted molar refractivity (Wildman–Crippen MR) is 78.5 cm³/mol. The highest BCUT2D eigenvalue weighted by Gasteiger charge is 2.07. The summed E-state index contributed by atoms with van der Waals surface area (Å²) in [7, 11) is 1.30. The molecular formula is C15H25N2O4+. The van der Waals surface area contributed by atoms with E-state index >= 15 is 0 Å². The van der Waals surface area contributed by atoms with Gasteiger partial charge in [0.2, 0.25) is 0 Å². The first-order chi connectivity index (χ1) is 10.2. The van der Waals surface area contributed by atoms with Crippen LogP contribution in [0, 0.1) is 0 Å². The third-order valence-electron chi connectivity index (χ3n) is 2.50. The highest BCUT2D eigenvalue weighted by atomic mass is 16.6. The number of hydrogen-bond donors (Lipinski definition) is 1. The first-order valence-electron chi connectivity index (χ1n) is 7.11. The molecule has 0 radical (unpaired) electrons. The number of nitrogens with zero attached hydrogens (tertiary/aromatic N) is 1. The summed E-state index contributed by atoms with van der Waals surface area (Å²) in [4.78, 5) is 22.2. The Morgan fingerprint density at radius 1 is 1.33 bits per heavy atom. The number of aryl methyl sites for hydroxylation is 1. The summed E-state index contributed by atoms with van der Waals surface area (Å²) in [5.74, 6) is -0.370. The van der Waals surface area contributed by atoms with Crippen LogP contribution in [-0.4, -0.2) is 25.7 Å². The van der Waals surface area contributed by atoms with Gasteiger partial charge in [0.25, 0.3) is 6.73 Å². The SMILES string of the molecule is CC.CCc1ccc[n+](COC(=O)NCCC(=O)OC)c1. The molecule has 1 N–H and O–H groups in total. The molecule has 1 rings (SSSR count). The van der Waals surface area contributed by atoms with Gasteiger partial charge in [0.1, 0.15) is 0 Å². The van der Waals surface area contributed by atoms with E-state index in [9.17, 15) is 9.59 Å². The van der Waals surface area contributed by atoms with Crippen LogP contribution in [0.1, 0.15) is 32.8 Å². The molecule has 0 aliphatic carbocycles. The molecule has 0 aromatic carbocycles. The van der Waals surface area contributed by atoms with Gasteiger partial charge in [0, 0.05) is 18.2 Å². The molecule has 0 aliphatic heterocycles. The van der Waals surface area contributed by atoms with Crippen molar-refractivity contribution in [3.63, 3.8) is 0 Å². The van der Waals surface area contributed by atoms with Gasteiger partial charge in [-0.15, -0.1) is 0 Å². The maximum Gasteiger partial charge on any atom is 0.412 e. The molecule has 118 valence electrons. The zero-order chi connectivity index (χ0) is 16.1. The second-order valence-electron chi connectivity index (χ2n) is 3.89. The minimum atomic E-state index is -0.557. The van der Waals surface area contributed by atoms with Crippen LogP contribution in [0.2, 0.25) is 0 Å². The largest absolute Gasteiger partial charge is 0.469 e. The first-order valence-corrected chi connectivity index (χ1v) is 7.11. The van der Waals surface area contributed by atoms with E-state index in [0.29, 0.717) is 0 Å². The van der Waals surface area contributed by atoms with Crippen LogP contribution in [0.15, 0.2) is 24.5 Å². The van der Waals surface area contributed by atoms with E-state index in [1.165, 1.54) is 7.11 Å². The number of aromatic nitrogens is 1. The van der Waals surface area contributed by atoms with Crippen LogP contribution in [0.5, 0.6) is 0 Å². The molecule has 0 aliphatic rings. The topological polar surface area (TPSA) is 68.5 Å². The Bertz CT molecular complexity index is 435. The summed E-state index contributed by atoms with van der Waals surface area (Å²) in [6.07, 6.45) is 4.23. The molecule has 0 saturated carbocycles. The summed E-state index contributed by atoms with van der Waals surface area (Å²) in [5.41, 5.74) is 1.16. The molecule has 0 unspecified atom stereocenters. The lowest BCUT2D eigenvalue weighted by atomic mass is 10.2. The normalized spacial score (nSPS) is 9.14. The van der Waals surface area contributed by atoms with Crippen molar-refractivity contribution in [2.24, 2.45) is 0 Å². The number of carbonyl (C=O) groups excluding carboxylic acids is 2. The number of carbonyl (C=O) groups is 2. The maximum absolute atomic E-state index is 11.3. The summed E-state index contributed by atoms with van der Waals surface area (Å²) in [6.45, 7) is 6.39. The molecule has 21 heavy (non-hydrogen) atoms. The van der Waals surface area contributed by atoms with Gasteiger partial charge >= 0.3 is 12.1 Å². The molecule has 6 nitrogen and oxygen atoms in total. The van der Waals surface area contributed by atoms with E-state index in [2.05, 4.69) is 17.0 Å². The number of pyridine rings is 1. The molecule has 0 bridgehead atoms. The summed E-state index contributed by atoms with van der Waals surface area (Å²) in [6, 6.07) is 3.91. The molecule has 6 heteroatoms. The smallest absolute Gasteiger partial charge is 0.412 e. The molecule has 0 saturated heterocycles. The van der Waals surface area contributed by atoms with E-state index in [1.807, 2.05) is 38.4 Å². The van der Waals surface area contributed by atoms with Gasteiger partial charge in [0.05, 0.1) is 13.5 Å². The van der Waals surface area contributed by atoms with Gasteiger partial charge < -0.3 is 14.8 Å². The van der Waals surface area contributed by atoms with Gasteiger partial charge in [-0.25, -0.2) is 4.79 Å². The monoisotopic (exact) mass is 297 g/mol. The minimum Gasteiger partial charge on any atom is -0.469 e. The molecule has 1 aromatic heterocycles. The quantitative estimate of drug-likeness (QED) is 0.642. The minimum absolute atomic E-state index is 0.129. The number of ether oxygens (including phenoxy) is 2. The Morgan fingerprint density at radius 3 is 2.67 bits per heavy atom. The van der Waals surface area contributed by atoms with Gasteiger partial charge in [0.15, 0.2) is 12.4 Å². The van der Waals surface area contributed by atoms with E-state index in [1.54, 1.807) is 4.57 Å². The molecule has 0 fully saturated rings. The molecule has 0 atom stereocenters. The van der Waals surface area contributed by atoms with Crippen molar-refractivity contribution < 1.29 is 23.6 Å². The average Bonchev–Trinajstić information content (AvgIpc) is 2.54. The fourth-order valence-corrected chi connectivity index (χ4v) is 1.42. The van der Waals surface area contributed by atoms with Crippen molar-refractivity contribution in [1.82, 2.24) is 5.32 Å². The van der Waals surface area contributed by atoms with Crippen LogP contribution in [-0.2, 0) is 27.4 Å². The second-order valence-corrected chi connectivity index (χ2v) is 3.89. The number of hydrogen-bond acceptors (Lipinski definition) is 4. The van der Waals surface area contributed by atoms with Crippen molar-refractivity contribution in [3.05, 3.63) is 30.1 Å². The number of methoxy groups -OCH3 is 1. The van der Waals surface area contributed by atoms with Gasteiger partial charge in [-0.2, -0.15) is 4.57 Å². The zero-order valence-corrected chi connectivity index (χ0v) is 13.2. The van der Waals surface area contributed by atoms with Crippen molar-refractivity contribution in [2.75, 3.05) is 13.7 Å². The molecule has 0 spiro atoms. The average molecular weight is 297 g/mol. The Morgan fingerprint density at radius 2 is 2.05 bits per heavy atom. The summed E-state index contributed by atoms with van der Waals surface area (Å²) >= 11 is 0. The van der Waals surface area contributed by atoms with Crippen LogP contribution < -0.4 is 9.88 Å². The van der Waals surface area contributed by atoms with Crippen molar-refractivity contribution >= 4 is 12.1 Å². The Kier molecular flexibility index (Phi) is 10.5. The lowest BCUT2D eigenvalue weighted by Crippen LogP contribution is -2.38. The molecule has 1 heterocycles. The van der Waals surface area contributed by atoms with E-state index in [4.69, 9.17) is 4.74 Å². The van der Waals surface area contributed by atoms with Crippen molar-refractivity contribution in [3.8, 4) is 0 Å². The van der Waals surface area contributed by atoms with Crippen molar-refractivity contribution in [2.45, 2.75) is 40.3 Å². The summed E-state index contributed by atoms with van der Waals surface area (Å²) in [5, 5.41) is 2.47. The zero-order valence-electron chi connectivity index (χ0n) is 13.2. The highest BCUT2D eigenvalue weighted by molar-refractivity contribution is 5.71. The standard InChI is InChI=1S/C13H18N2O4.C2H6/c1-3-11-5-4-8-15(9-11)10-19-13(17)14-7-6-12(16)18-2;1-2/h4-5,8-9H,3,6-7,10H2,1-2H3;1-2H3/p+1. The van der Waals surface area contributed by atoms with E-state index in [-0.39, 0.29) is 25.7 Å². The van der Waals surface area contributed by atoms with Crippen LogP contribution in [0.4, 0.5) is 4.79 Å². The van der Waals surface area contributed by atoms with Crippen LogP contribution in [0.25, 0.3) is 0 Å². The first kappa shape index (κ1) is 18.9. The van der Waals surface area contributed by atoms with Gasteiger partial charge in [-0.05, 0) is 12.5 Å². The van der Waals surface area contributed by atoms with Crippen molar-refractivity contribution in [1.29, 1.82) is 0 Å². The number of amides is 1. The third-order valence-corrected chi connectivity index (χ3v) is 2.50. The third kappa shape index (κ3) is 8.62. The maximum atomic E-state index is 11.3. The lowest BCUT2D eigenvalue weighted by Gasteiger charge is -2.04. The number of rotatable bonds is 6. The predicted octanol–water partition coefficient (Wildman–Crippen LogP) is 1.81. The number of alkyl carbamates (subject to hydrolysis) is 1. The Balaban J connectivity index is 0.00000191. The fourth-order valence-electron chi connectivity index (χ4n) is 1.42. The van der Waals surface area contributed by atoms with Gasteiger partial charge in [-0.3, -0.25) is 4.79 Å². The molecule has 1 amide bonds.